The Kier molecular flexibility index (Phi) is 6.22. The molecule has 0 aromatic rings. The van der Waals surface area contributed by atoms with Gasteiger partial charge in [0.25, 0.3) is 0 Å². The van der Waals surface area contributed by atoms with Gasteiger partial charge in [0.2, 0.25) is 0 Å². The lowest BCUT2D eigenvalue weighted by Crippen LogP contribution is -2.54. The highest BCUT2D eigenvalue weighted by Crippen LogP contribution is 2.38. The number of hydrogen-bond acceptors (Lipinski definition) is 4. The standard InChI is InChI=1S/C14H25NO2S/c1-5-9-18-12-7-8-14(10-12,15-11(3)4)13(16)17-6-2/h5,11-12,15H,1,6-10H2,2-4H3. The first-order valence-corrected chi connectivity index (χ1v) is 7.76. The Morgan fingerprint density at radius 3 is 2.94 bits per heavy atom. The molecule has 1 saturated carbocycles. The minimum absolute atomic E-state index is 0.0830. The maximum absolute atomic E-state index is 12.2. The highest BCUT2D eigenvalue weighted by molar-refractivity contribution is 8.00. The van der Waals surface area contributed by atoms with Crippen LogP contribution in [0.1, 0.15) is 40.0 Å². The minimum atomic E-state index is -0.469. The van der Waals surface area contributed by atoms with E-state index in [1.807, 2.05) is 24.8 Å². The minimum Gasteiger partial charge on any atom is -0.465 e. The zero-order valence-electron chi connectivity index (χ0n) is 11.7. The summed E-state index contributed by atoms with van der Waals surface area (Å²) in [7, 11) is 0. The van der Waals surface area contributed by atoms with Crippen LogP contribution in [0.15, 0.2) is 12.7 Å². The van der Waals surface area contributed by atoms with Crippen LogP contribution in [0.4, 0.5) is 0 Å². The third-order valence-corrected chi connectivity index (χ3v) is 4.45. The molecule has 0 bridgehead atoms. The van der Waals surface area contributed by atoms with Gasteiger partial charge < -0.3 is 4.74 Å². The van der Waals surface area contributed by atoms with E-state index in [1.165, 1.54) is 0 Å². The van der Waals surface area contributed by atoms with Gasteiger partial charge in [-0.1, -0.05) is 6.08 Å². The Morgan fingerprint density at radius 1 is 1.67 bits per heavy atom. The van der Waals surface area contributed by atoms with Crippen LogP contribution < -0.4 is 5.32 Å². The topological polar surface area (TPSA) is 38.3 Å². The van der Waals surface area contributed by atoms with E-state index in [2.05, 4.69) is 25.7 Å². The molecule has 1 rings (SSSR count). The maximum atomic E-state index is 12.2. The van der Waals surface area contributed by atoms with Crippen molar-refractivity contribution in [3.8, 4) is 0 Å². The second-order valence-corrected chi connectivity index (χ2v) is 6.42. The first-order chi connectivity index (χ1) is 8.54. The number of rotatable bonds is 7. The number of ether oxygens (including phenoxy) is 1. The molecule has 3 nitrogen and oxygen atoms in total. The molecule has 2 atom stereocenters. The molecule has 0 radical (unpaired) electrons. The zero-order valence-corrected chi connectivity index (χ0v) is 12.5. The van der Waals surface area contributed by atoms with E-state index in [-0.39, 0.29) is 12.0 Å². The Balaban J connectivity index is 2.68. The van der Waals surface area contributed by atoms with Crippen LogP contribution >= 0.6 is 11.8 Å². The second kappa shape index (κ2) is 7.19. The molecule has 1 aliphatic carbocycles. The van der Waals surface area contributed by atoms with E-state index in [0.717, 1.165) is 25.0 Å². The van der Waals surface area contributed by atoms with Gasteiger partial charge in [0.1, 0.15) is 5.54 Å². The van der Waals surface area contributed by atoms with E-state index in [1.54, 1.807) is 0 Å². The molecule has 104 valence electrons. The second-order valence-electron chi connectivity index (χ2n) is 5.09. The molecular weight excluding hydrogens is 246 g/mol. The molecule has 4 heteroatoms. The van der Waals surface area contributed by atoms with Crippen molar-refractivity contribution in [1.82, 2.24) is 5.32 Å². The number of hydrogen-bond donors (Lipinski definition) is 1. The van der Waals surface area contributed by atoms with Crippen molar-refractivity contribution in [3.63, 3.8) is 0 Å². The van der Waals surface area contributed by atoms with Crippen LogP contribution in [0.3, 0.4) is 0 Å². The van der Waals surface area contributed by atoms with E-state index >= 15 is 0 Å². The van der Waals surface area contributed by atoms with Crippen molar-refractivity contribution in [2.45, 2.75) is 56.9 Å². The lowest BCUT2D eigenvalue weighted by molar-refractivity contribution is -0.151. The molecule has 0 saturated heterocycles. The molecule has 0 aromatic heterocycles. The number of carbonyl (C=O) groups is 1. The highest BCUT2D eigenvalue weighted by atomic mass is 32.2. The number of nitrogens with one attached hydrogen (secondary N) is 1. The molecule has 0 aromatic carbocycles. The van der Waals surface area contributed by atoms with Crippen LogP contribution in [-0.2, 0) is 9.53 Å². The molecule has 0 spiro atoms. The summed E-state index contributed by atoms with van der Waals surface area (Å²) in [5, 5.41) is 3.96. The van der Waals surface area contributed by atoms with Gasteiger partial charge in [-0.3, -0.25) is 10.1 Å². The van der Waals surface area contributed by atoms with Gasteiger partial charge in [0, 0.05) is 17.0 Å². The van der Waals surface area contributed by atoms with Crippen LogP contribution in [-0.4, -0.2) is 35.2 Å². The monoisotopic (exact) mass is 271 g/mol. The summed E-state index contributed by atoms with van der Waals surface area (Å²) in [6.07, 6.45) is 4.73. The van der Waals surface area contributed by atoms with Gasteiger partial charge in [-0.25, -0.2) is 0 Å². The zero-order chi connectivity index (χ0) is 13.6. The van der Waals surface area contributed by atoms with Crippen molar-refractivity contribution in [1.29, 1.82) is 0 Å². The first kappa shape index (κ1) is 15.6. The van der Waals surface area contributed by atoms with Crippen molar-refractivity contribution >= 4 is 17.7 Å². The predicted molar refractivity (Wildman–Crippen MR) is 77.9 cm³/mol. The SMILES string of the molecule is C=CCSC1CCC(NC(C)C)(C(=O)OCC)C1. The summed E-state index contributed by atoms with van der Waals surface area (Å²) in [4.78, 5) is 12.2. The van der Waals surface area contributed by atoms with E-state index < -0.39 is 5.54 Å². The van der Waals surface area contributed by atoms with Crippen molar-refractivity contribution in [2.24, 2.45) is 0 Å². The van der Waals surface area contributed by atoms with Crippen molar-refractivity contribution < 1.29 is 9.53 Å². The smallest absolute Gasteiger partial charge is 0.326 e. The average molecular weight is 271 g/mol. The molecule has 18 heavy (non-hydrogen) atoms. The molecule has 0 amide bonds. The van der Waals surface area contributed by atoms with E-state index in [9.17, 15) is 4.79 Å². The highest BCUT2D eigenvalue weighted by Gasteiger charge is 2.46. The van der Waals surface area contributed by atoms with Gasteiger partial charge in [-0.2, -0.15) is 11.8 Å². The average Bonchev–Trinajstić information content (AvgIpc) is 2.70. The molecule has 1 N–H and O–H groups in total. The first-order valence-electron chi connectivity index (χ1n) is 6.71. The van der Waals surface area contributed by atoms with E-state index in [4.69, 9.17) is 4.74 Å². The Hall–Kier alpha value is -0.480. The molecule has 0 aliphatic heterocycles. The third kappa shape index (κ3) is 4.02. The Morgan fingerprint density at radius 2 is 2.39 bits per heavy atom. The van der Waals surface area contributed by atoms with Crippen molar-refractivity contribution in [3.05, 3.63) is 12.7 Å². The Bertz CT molecular complexity index is 294. The van der Waals surface area contributed by atoms with Crippen molar-refractivity contribution in [2.75, 3.05) is 12.4 Å². The predicted octanol–water partition coefficient (Wildman–Crippen LogP) is 2.76. The van der Waals surface area contributed by atoms with Crippen LogP contribution in [0.25, 0.3) is 0 Å². The lowest BCUT2D eigenvalue weighted by atomic mass is 9.96. The van der Waals surface area contributed by atoms with Gasteiger partial charge >= 0.3 is 5.97 Å². The summed E-state index contributed by atoms with van der Waals surface area (Å²) in [6.45, 7) is 10.2. The lowest BCUT2D eigenvalue weighted by Gasteiger charge is -2.30. The molecule has 1 fully saturated rings. The molecule has 0 heterocycles. The van der Waals surface area contributed by atoms with Gasteiger partial charge in [0.15, 0.2) is 0 Å². The fraction of sp³-hybridized carbons (Fsp3) is 0.786. The summed E-state index contributed by atoms with van der Waals surface area (Å²) < 4.78 is 5.25. The number of carbonyl (C=O) groups excluding carboxylic acids is 1. The number of esters is 1. The Labute approximate surface area is 115 Å². The number of thioether (sulfide) groups is 1. The van der Waals surface area contributed by atoms with Gasteiger partial charge in [0.05, 0.1) is 6.61 Å². The normalized spacial score (nSPS) is 27.4. The third-order valence-electron chi connectivity index (χ3n) is 3.15. The van der Waals surface area contributed by atoms with Crippen LogP contribution in [0.5, 0.6) is 0 Å². The summed E-state index contributed by atoms with van der Waals surface area (Å²) in [5.41, 5.74) is -0.469. The maximum Gasteiger partial charge on any atom is 0.326 e. The molecule has 1 aliphatic rings. The summed E-state index contributed by atoms with van der Waals surface area (Å²) >= 11 is 1.88. The molecule has 2 unspecified atom stereocenters. The van der Waals surface area contributed by atoms with Gasteiger partial charge in [-0.15, -0.1) is 6.58 Å². The quantitative estimate of drug-likeness (QED) is 0.571. The summed E-state index contributed by atoms with van der Waals surface area (Å²) in [5.74, 6) is 0.867. The van der Waals surface area contributed by atoms with Crippen LogP contribution in [0, 0.1) is 0 Å². The fourth-order valence-corrected chi connectivity index (χ4v) is 3.64. The van der Waals surface area contributed by atoms with Gasteiger partial charge in [-0.05, 0) is 40.0 Å². The fourth-order valence-electron chi connectivity index (χ4n) is 2.54. The largest absolute Gasteiger partial charge is 0.465 e. The van der Waals surface area contributed by atoms with Crippen LogP contribution in [0.2, 0.25) is 0 Å². The molecular formula is C14H25NO2S. The summed E-state index contributed by atoms with van der Waals surface area (Å²) in [6, 6.07) is 0.289. The van der Waals surface area contributed by atoms with E-state index in [0.29, 0.717) is 11.9 Å².